The summed E-state index contributed by atoms with van der Waals surface area (Å²) < 4.78 is 21.6. The van der Waals surface area contributed by atoms with Gasteiger partial charge in [0.25, 0.3) is 0 Å². The van der Waals surface area contributed by atoms with Crippen LogP contribution in [0.15, 0.2) is 42.7 Å². The van der Waals surface area contributed by atoms with Crippen molar-refractivity contribution in [2.75, 3.05) is 20.8 Å². The van der Waals surface area contributed by atoms with Crippen molar-refractivity contribution in [3.63, 3.8) is 0 Å². The Kier molecular flexibility index (Phi) is 7.88. The van der Waals surface area contributed by atoms with Gasteiger partial charge < -0.3 is 18.9 Å². The molecule has 0 spiro atoms. The average molecular weight is 451 g/mol. The van der Waals surface area contributed by atoms with Gasteiger partial charge in [-0.25, -0.2) is 4.79 Å². The molecular weight excluding hydrogens is 427 g/mol. The Hall–Kier alpha value is -2.37. The van der Waals surface area contributed by atoms with E-state index >= 15 is 0 Å². The molecule has 1 aliphatic carbocycles. The summed E-state index contributed by atoms with van der Waals surface area (Å²) in [7, 11) is 2.80. The first-order chi connectivity index (χ1) is 14.5. The SMILES string of the molecule is COC=C(C(=O)OC)c1ccccc1COc1cc(Cl)c(OCC2CCC2)c(Cl)c1. The lowest BCUT2D eigenvalue weighted by molar-refractivity contribution is -0.133. The third-order valence-electron chi connectivity index (χ3n) is 5.00. The van der Waals surface area contributed by atoms with Crippen LogP contribution in [0.1, 0.15) is 30.4 Å². The molecule has 30 heavy (non-hydrogen) atoms. The highest BCUT2D eigenvalue weighted by atomic mass is 35.5. The predicted octanol–water partition coefficient (Wildman–Crippen LogP) is 5.91. The minimum Gasteiger partial charge on any atom is -0.503 e. The Balaban J connectivity index is 1.74. The highest BCUT2D eigenvalue weighted by Crippen LogP contribution is 2.38. The fourth-order valence-electron chi connectivity index (χ4n) is 3.14. The number of hydrogen-bond acceptors (Lipinski definition) is 5. The van der Waals surface area contributed by atoms with Crippen LogP contribution in [0.25, 0.3) is 5.57 Å². The van der Waals surface area contributed by atoms with Crippen molar-refractivity contribution in [1.82, 2.24) is 0 Å². The van der Waals surface area contributed by atoms with Crippen molar-refractivity contribution in [2.24, 2.45) is 5.92 Å². The minimum absolute atomic E-state index is 0.198. The molecule has 0 N–H and O–H groups in total. The molecule has 0 radical (unpaired) electrons. The molecule has 3 rings (SSSR count). The molecule has 0 amide bonds. The fraction of sp³-hybridized carbons (Fsp3) is 0.348. The molecule has 0 aliphatic heterocycles. The van der Waals surface area contributed by atoms with Gasteiger partial charge in [-0.3, -0.25) is 0 Å². The van der Waals surface area contributed by atoms with E-state index in [1.807, 2.05) is 18.2 Å². The van der Waals surface area contributed by atoms with Crippen LogP contribution in [0.2, 0.25) is 10.0 Å². The van der Waals surface area contributed by atoms with Crippen LogP contribution in [0.5, 0.6) is 11.5 Å². The van der Waals surface area contributed by atoms with Gasteiger partial charge in [0.1, 0.15) is 17.9 Å². The Morgan fingerprint density at radius 1 is 1.10 bits per heavy atom. The number of carbonyl (C=O) groups is 1. The van der Waals surface area contributed by atoms with Crippen molar-refractivity contribution in [2.45, 2.75) is 25.9 Å². The molecule has 2 aromatic rings. The lowest BCUT2D eigenvalue weighted by atomic mass is 9.86. The fourth-order valence-corrected chi connectivity index (χ4v) is 3.71. The standard InChI is InChI=1S/C23H24Cl2O5/c1-27-14-19(23(26)28-2)18-9-4-3-8-16(18)13-29-17-10-20(24)22(21(25)11-17)30-12-15-6-5-7-15/h3-4,8-11,14-15H,5-7,12-13H2,1-2H3. The average Bonchev–Trinajstić information content (AvgIpc) is 2.71. The molecular formula is C23H24Cl2O5. The number of rotatable bonds is 9. The second kappa shape index (κ2) is 10.6. The molecule has 0 unspecified atom stereocenters. The summed E-state index contributed by atoms with van der Waals surface area (Å²) in [6, 6.07) is 10.7. The van der Waals surface area contributed by atoms with Gasteiger partial charge in [0.2, 0.25) is 0 Å². The van der Waals surface area contributed by atoms with Crippen LogP contribution in [0, 0.1) is 5.92 Å². The van der Waals surface area contributed by atoms with Crippen molar-refractivity contribution in [1.29, 1.82) is 0 Å². The zero-order valence-corrected chi connectivity index (χ0v) is 18.5. The third kappa shape index (κ3) is 5.41. The first kappa shape index (κ1) is 22.3. The van der Waals surface area contributed by atoms with Gasteiger partial charge in [-0.1, -0.05) is 53.9 Å². The lowest BCUT2D eigenvalue weighted by Gasteiger charge is -2.25. The summed E-state index contributed by atoms with van der Waals surface area (Å²) >= 11 is 12.7. The topological polar surface area (TPSA) is 54.0 Å². The van der Waals surface area contributed by atoms with Crippen LogP contribution in [0.3, 0.4) is 0 Å². The molecule has 5 nitrogen and oxygen atoms in total. The van der Waals surface area contributed by atoms with Gasteiger partial charge in [-0.15, -0.1) is 0 Å². The molecule has 0 heterocycles. The summed E-state index contributed by atoms with van der Waals surface area (Å²) in [4.78, 5) is 12.1. The maximum Gasteiger partial charge on any atom is 0.341 e. The monoisotopic (exact) mass is 450 g/mol. The largest absolute Gasteiger partial charge is 0.503 e. The van der Waals surface area contributed by atoms with Gasteiger partial charge in [0.15, 0.2) is 5.75 Å². The van der Waals surface area contributed by atoms with E-state index in [1.54, 1.807) is 18.2 Å². The molecule has 1 aliphatic rings. The van der Waals surface area contributed by atoms with Crippen molar-refractivity contribution < 1.29 is 23.7 Å². The summed E-state index contributed by atoms with van der Waals surface area (Å²) in [5, 5.41) is 0.805. The van der Waals surface area contributed by atoms with Gasteiger partial charge >= 0.3 is 5.97 Å². The summed E-state index contributed by atoms with van der Waals surface area (Å²) in [5.41, 5.74) is 1.74. The van der Waals surface area contributed by atoms with E-state index in [9.17, 15) is 4.79 Å². The number of esters is 1. The summed E-state index contributed by atoms with van der Waals surface area (Å²) in [6.07, 6.45) is 4.97. The van der Waals surface area contributed by atoms with E-state index in [0.29, 0.717) is 45.2 Å². The normalized spacial score (nSPS) is 14.1. The molecule has 1 saturated carbocycles. The first-order valence-corrected chi connectivity index (χ1v) is 10.4. The van der Waals surface area contributed by atoms with Gasteiger partial charge in [0.05, 0.1) is 37.1 Å². The zero-order valence-electron chi connectivity index (χ0n) is 17.0. The van der Waals surface area contributed by atoms with Gasteiger partial charge in [0, 0.05) is 12.1 Å². The van der Waals surface area contributed by atoms with Gasteiger partial charge in [-0.05, 0) is 29.9 Å². The maximum absolute atomic E-state index is 12.1. The third-order valence-corrected chi connectivity index (χ3v) is 5.56. The Bertz CT molecular complexity index is 899. The Labute approximate surface area is 186 Å². The number of halogens is 2. The van der Waals surface area contributed by atoms with E-state index in [2.05, 4.69) is 0 Å². The van der Waals surface area contributed by atoms with Crippen LogP contribution in [0.4, 0.5) is 0 Å². The molecule has 160 valence electrons. The molecule has 0 aromatic heterocycles. The lowest BCUT2D eigenvalue weighted by Crippen LogP contribution is -2.19. The highest BCUT2D eigenvalue weighted by molar-refractivity contribution is 6.37. The van der Waals surface area contributed by atoms with Crippen LogP contribution in [-0.2, 0) is 20.9 Å². The maximum atomic E-state index is 12.1. The summed E-state index contributed by atoms with van der Waals surface area (Å²) in [5.74, 6) is 1.07. The summed E-state index contributed by atoms with van der Waals surface area (Å²) in [6.45, 7) is 0.818. The predicted molar refractivity (Wildman–Crippen MR) is 117 cm³/mol. The molecule has 1 fully saturated rings. The Morgan fingerprint density at radius 3 is 2.40 bits per heavy atom. The van der Waals surface area contributed by atoms with E-state index < -0.39 is 5.97 Å². The molecule has 0 bridgehead atoms. The molecule has 2 aromatic carbocycles. The quantitative estimate of drug-likeness (QED) is 0.270. The molecule has 7 heteroatoms. The molecule has 0 saturated heterocycles. The first-order valence-electron chi connectivity index (χ1n) is 9.67. The van der Waals surface area contributed by atoms with E-state index in [-0.39, 0.29) is 6.61 Å². The smallest absolute Gasteiger partial charge is 0.341 e. The number of methoxy groups -OCH3 is 2. The van der Waals surface area contributed by atoms with Gasteiger partial charge in [-0.2, -0.15) is 0 Å². The highest BCUT2D eigenvalue weighted by Gasteiger charge is 2.20. The number of carbonyl (C=O) groups excluding carboxylic acids is 1. The van der Waals surface area contributed by atoms with Crippen LogP contribution in [-0.4, -0.2) is 26.8 Å². The van der Waals surface area contributed by atoms with Crippen LogP contribution >= 0.6 is 23.2 Å². The number of ether oxygens (including phenoxy) is 4. The second-order valence-electron chi connectivity index (χ2n) is 7.03. The minimum atomic E-state index is -0.497. The van der Waals surface area contributed by atoms with Crippen molar-refractivity contribution >= 4 is 34.7 Å². The Morgan fingerprint density at radius 2 is 1.80 bits per heavy atom. The molecule has 0 atom stereocenters. The zero-order chi connectivity index (χ0) is 21.5. The van der Waals surface area contributed by atoms with Crippen molar-refractivity contribution in [3.05, 3.63) is 63.8 Å². The van der Waals surface area contributed by atoms with E-state index in [4.69, 9.17) is 42.1 Å². The van der Waals surface area contributed by atoms with Crippen LogP contribution < -0.4 is 9.47 Å². The number of benzene rings is 2. The van der Waals surface area contributed by atoms with E-state index in [1.165, 1.54) is 39.7 Å². The number of hydrogen-bond donors (Lipinski definition) is 0. The second-order valence-corrected chi connectivity index (χ2v) is 7.84. The van der Waals surface area contributed by atoms with E-state index in [0.717, 1.165) is 5.56 Å². The van der Waals surface area contributed by atoms with Crippen molar-refractivity contribution in [3.8, 4) is 11.5 Å².